The molecule has 270 valence electrons. The lowest BCUT2D eigenvalue weighted by Gasteiger charge is -2.28. The van der Waals surface area contributed by atoms with Crippen LogP contribution >= 0.6 is 24.8 Å². The maximum atomic E-state index is 13.9. The molecule has 0 radical (unpaired) electrons. The molecule has 1 aliphatic rings. The number of imide groups is 1. The monoisotopic (exact) mass is 734 g/mol. The molecule has 0 saturated heterocycles. The second-order valence-corrected chi connectivity index (χ2v) is 12.7. The number of benzene rings is 4. The predicted molar refractivity (Wildman–Crippen MR) is 209 cm³/mol. The van der Waals surface area contributed by atoms with Crippen molar-refractivity contribution in [3.63, 3.8) is 0 Å². The van der Waals surface area contributed by atoms with Gasteiger partial charge in [-0.05, 0) is 94.9 Å². The lowest BCUT2D eigenvalue weighted by atomic mass is 9.94. The molecule has 0 atom stereocenters. The van der Waals surface area contributed by atoms with Gasteiger partial charge in [0, 0.05) is 53.8 Å². The minimum Gasteiger partial charge on any atom is -0.497 e. The van der Waals surface area contributed by atoms with Gasteiger partial charge in [0.1, 0.15) is 5.75 Å². The van der Waals surface area contributed by atoms with Gasteiger partial charge in [-0.2, -0.15) is 0 Å². The third kappa shape index (κ3) is 8.12. The van der Waals surface area contributed by atoms with Crippen LogP contribution < -0.4 is 20.8 Å². The summed E-state index contributed by atoms with van der Waals surface area (Å²) in [6, 6.07) is 19.9. The number of H-pyrrole nitrogens is 1. The van der Waals surface area contributed by atoms with Gasteiger partial charge in [0.05, 0.1) is 29.1 Å². The molecule has 3 N–H and O–H groups in total. The number of hydrogen-bond donors (Lipinski definition) is 3. The Hall–Kier alpha value is -4.68. The van der Waals surface area contributed by atoms with Crippen LogP contribution in [0.4, 0.5) is 5.69 Å². The number of aromatic nitrogens is 1. The summed E-state index contributed by atoms with van der Waals surface area (Å²) in [6.07, 6.45) is 1.43. The maximum absolute atomic E-state index is 13.9. The summed E-state index contributed by atoms with van der Waals surface area (Å²) in [4.78, 5) is 62.4. The highest BCUT2D eigenvalue weighted by Crippen LogP contribution is 2.30. The second kappa shape index (κ2) is 17.0. The van der Waals surface area contributed by atoms with Crippen molar-refractivity contribution in [2.45, 2.75) is 12.8 Å². The highest BCUT2D eigenvalue weighted by Gasteiger charge is 2.32. The fourth-order valence-electron chi connectivity index (χ4n) is 6.48. The van der Waals surface area contributed by atoms with Crippen LogP contribution in [0.15, 0.2) is 71.5 Å². The van der Waals surface area contributed by atoms with Gasteiger partial charge >= 0.3 is 0 Å². The van der Waals surface area contributed by atoms with E-state index in [1.165, 1.54) is 4.90 Å². The molecule has 0 aliphatic carbocycles. The molecule has 0 spiro atoms. The topological polar surface area (TPSA) is 127 Å². The molecule has 6 rings (SSSR count). The highest BCUT2D eigenvalue weighted by atomic mass is 35.5. The zero-order valence-electron chi connectivity index (χ0n) is 29.2. The van der Waals surface area contributed by atoms with Crippen LogP contribution in [0.3, 0.4) is 0 Å². The average Bonchev–Trinajstić information content (AvgIpc) is 3.10. The van der Waals surface area contributed by atoms with E-state index in [9.17, 15) is 19.2 Å². The fraction of sp³-hybridized carbons (Fsp3) is 0.316. The summed E-state index contributed by atoms with van der Waals surface area (Å²) in [5.74, 6) is -0.167. The van der Waals surface area contributed by atoms with E-state index in [0.717, 1.165) is 23.7 Å². The number of nitrogens with one attached hydrogen (secondary N) is 3. The minimum atomic E-state index is -0.252. The number of ether oxygens (including phenoxy) is 1. The molecular formula is C38H44Cl2N6O5. The van der Waals surface area contributed by atoms with Crippen LogP contribution in [-0.2, 0) is 0 Å². The number of likely N-dealkylation sites (N-methyl/N-ethyl adjacent to an activating group) is 1. The molecule has 3 amide bonds. The van der Waals surface area contributed by atoms with Gasteiger partial charge in [-0.1, -0.05) is 24.3 Å². The molecule has 11 nitrogen and oxygen atoms in total. The van der Waals surface area contributed by atoms with Gasteiger partial charge in [0.2, 0.25) is 0 Å². The lowest BCUT2D eigenvalue weighted by Crippen LogP contribution is -2.41. The predicted octanol–water partition coefficient (Wildman–Crippen LogP) is 5.40. The van der Waals surface area contributed by atoms with Crippen molar-refractivity contribution in [1.29, 1.82) is 0 Å². The Bertz CT molecular complexity index is 2090. The number of halogens is 2. The Morgan fingerprint density at radius 1 is 0.824 bits per heavy atom. The number of fused-ring (bicyclic) bond motifs is 2. The summed E-state index contributed by atoms with van der Waals surface area (Å²) < 4.78 is 5.37. The Labute approximate surface area is 309 Å². The van der Waals surface area contributed by atoms with Crippen molar-refractivity contribution >= 4 is 80.8 Å². The Balaban J connectivity index is 0.00000292. The van der Waals surface area contributed by atoms with E-state index in [1.54, 1.807) is 49.6 Å². The average molecular weight is 736 g/mol. The largest absolute Gasteiger partial charge is 0.497 e. The van der Waals surface area contributed by atoms with E-state index in [1.807, 2.05) is 50.3 Å². The van der Waals surface area contributed by atoms with Gasteiger partial charge in [-0.3, -0.25) is 24.1 Å². The molecule has 0 saturated carbocycles. The van der Waals surface area contributed by atoms with Crippen LogP contribution in [0.5, 0.6) is 5.75 Å². The fourth-order valence-corrected chi connectivity index (χ4v) is 6.48. The molecule has 5 aromatic rings. The number of rotatable bonds is 14. The first-order chi connectivity index (χ1) is 23.7. The van der Waals surface area contributed by atoms with Gasteiger partial charge in [0.25, 0.3) is 17.7 Å². The van der Waals surface area contributed by atoms with E-state index >= 15 is 0 Å². The Morgan fingerprint density at radius 3 is 2.18 bits per heavy atom. The number of amides is 3. The first-order valence-electron chi connectivity index (χ1n) is 16.6. The molecule has 1 aliphatic heterocycles. The number of carbonyl (C=O) groups is 3. The van der Waals surface area contributed by atoms with Crippen molar-refractivity contribution in [2.24, 2.45) is 0 Å². The summed E-state index contributed by atoms with van der Waals surface area (Å²) in [6.45, 7) is 3.57. The molecule has 0 bridgehead atoms. The van der Waals surface area contributed by atoms with Crippen molar-refractivity contribution in [3.05, 3.63) is 93.6 Å². The van der Waals surface area contributed by atoms with Crippen LogP contribution in [0.25, 0.3) is 32.6 Å². The summed E-state index contributed by atoms with van der Waals surface area (Å²) in [5, 5.41) is 8.91. The number of pyridine rings is 1. The molecule has 4 aromatic carbocycles. The van der Waals surface area contributed by atoms with E-state index in [4.69, 9.17) is 4.74 Å². The number of hydrogen-bond acceptors (Lipinski definition) is 8. The quantitative estimate of drug-likeness (QED) is 0.0787. The maximum Gasteiger partial charge on any atom is 0.261 e. The van der Waals surface area contributed by atoms with Gasteiger partial charge in [-0.25, -0.2) is 0 Å². The zero-order chi connectivity index (χ0) is 34.7. The minimum absolute atomic E-state index is 0. The molecule has 13 heteroatoms. The van der Waals surface area contributed by atoms with E-state index in [2.05, 4.69) is 20.5 Å². The summed E-state index contributed by atoms with van der Waals surface area (Å²) >= 11 is 0. The first-order valence-corrected chi connectivity index (χ1v) is 16.6. The van der Waals surface area contributed by atoms with E-state index in [-0.39, 0.29) is 48.0 Å². The third-order valence-corrected chi connectivity index (χ3v) is 9.06. The number of aromatic amines is 1. The normalized spacial score (nSPS) is 12.4. The SMILES string of the molecule is COc1ccc2[nH]c3c(C(=O)NCCN(C)C)ccc(NCCCN(C)CCCN4C(=O)c5cccc6cccc(c56)C4=O)c3c(=O)c2c1.Cl.Cl. The van der Waals surface area contributed by atoms with Crippen molar-refractivity contribution in [1.82, 2.24) is 25.0 Å². The van der Waals surface area contributed by atoms with Crippen LogP contribution in [-0.4, -0.2) is 105 Å². The summed E-state index contributed by atoms with van der Waals surface area (Å²) in [7, 11) is 7.45. The first kappa shape index (κ1) is 39.1. The second-order valence-electron chi connectivity index (χ2n) is 12.7. The summed E-state index contributed by atoms with van der Waals surface area (Å²) in [5.41, 5.74) is 3.10. The van der Waals surface area contributed by atoms with Crippen molar-refractivity contribution < 1.29 is 19.1 Å². The molecule has 51 heavy (non-hydrogen) atoms. The molecule has 2 heterocycles. The van der Waals surface area contributed by atoms with Crippen LogP contribution in [0, 0.1) is 0 Å². The smallest absolute Gasteiger partial charge is 0.261 e. The molecule has 0 unspecified atom stereocenters. The van der Waals surface area contributed by atoms with Crippen molar-refractivity contribution in [2.75, 3.05) is 72.8 Å². The number of anilines is 1. The number of carbonyl (C=O) groups excluding carboxylic acids is 3. The van der Waals surface area contributed by atoms with Gasteiger partial charge < -0.3 is 30.2 Å². The molecule has 0 fully saturated rings. The van der Waals surface area contributed by atoms with Crippen LogP contribution in [0.1, 0.15) is 43.9 Å². The number of methoxy groups -OCH3 is 1. The lowest BCUT2D eigenvalue weighted by molar-refractivity contribution is 0.0604. The van der Waals surface area contributed by atoms with Crippen LogP contribution in [0.2, 0.25) is 0 Å². The Morgan fingerprint density at radius 2 is 1.51 bits per heavy atom. The van der Waals surface area contributed by atoms with Crippen molar-refractivity contribution in [3.8, 4) is 5.75 Å². The standard InChI is InChI=1S/C38H42N6O5.2ClH/c1-42(2)22-18-40-36(46)28-14-16-31(33-34(28)41-30-15-13-25(49-4)23-29(30)35(33)45)39-17-7-19-43(3)20-8-21-44-37(47)26-11-5-9-24-10-6-12-27(32(24)26)38(44)48;;/h5-6,9-16,23,39H,7-8,17-22H2,1-4H3,(H,40,46)(H,41,45);2*1H. The Kier molecular flexibility index (Phi) is 13.1. The molecular weight excluding hydrogens is 691 g/mol. The molecule has 1 aromatic heterocycles. The highest BCUT2D eigenvalue weighted by molar-refractivity contribution is 6.25. The third-order valence-electron chi connectivity index (χ3n) is 9.06. The van der Waals surface area contributed by atoms with E-state index < -0.39 is 0 Å². The zero-order valence-corrected chi connectivity index (χ0v) is 30.8. The van der Waals surface area contributed by atoms with Gasteiger partial charge in [-0.15, -0.1) is 24.8 Å². The van der Waals surface area contributed by atoms with Gasteiger partial charge in [0.15, 0.2) is 5.43 Å². The number of nitrogens with zero attached hydrogens (tertiary/aromatic N) is 3. The van der Waals surface area contributed by atoms with E-state index in [0.29, 0.717) is 89.1 Å².